The summed E-state index contributed by atoms with van der Waals surface area (Å²) in [4.78, 5) is 44.7. The van der Waals surface area contributed by atoms with Gasteiger partial charge in [0, 0.05) is 31.2 Å². The topological polar surface area (TPSA) is 147 Å². The third-order valence-electron chi connectivity index (χ3n) is 5.52. The van der Waals surface area contributed by atoms with E-state index in [2.05, 4.69) is 25.7 Å². The number of rotatable bonds is 8. The largest absolute Gasteiger partial charge is 0.467 e. The molecule has 0 bridgehead atoms. The maximum absolute atomic E-state index is 12.5. The molecule has 0 aliphatic carbocycles. The molecule has 4 aromatic rings. The highest BCUT2D eigenvalue weighted by Gasteiger charge is 2.52. The molecule has 2 aromatic carbocycles. The average Bonchev–Trinajstić information content (AvgIpc) is 3.30. The number of amides is 4. The molecule has 2 N–H and O–H groups in total. The minimum absolute atomic E-state index is 0.0620. The quantitative estimate of drug-likeness (QED) is 0.356. The van der Waals surface area contributed by atoms with Crippen molar-refractivity contribution in [3.8, 4) is 23.1 Å². The number of hydrogen-bond acceptors (Lipinski definition) is 9. The third kappa shape index (κ3) is 4.32. The first-order chi connectivity index (χ1) is 17.5. The molecule has 1 aliphatic rings. The zero-order valence-electron chi connectivity index (χ0n) is 19.0. The number of benzene rings is 2. The number of carbonyl (C=O) groups excluding carboxylic acids is 3. The Balaban J connectivity index is 1.33. The van der Waals surface area contributed by atoms with Crippen molar-refractivity contribution in [1.29, 1.82) is 0 Å². The van der Waals surface area contributed by atoms with Crippen LogP contribution in [0.2, 0.25) is 0 Å². The van der Waals surface area contributed by atoms with Crippen molar-refractivity contribution in [2.45, 2.75) is 12.0 Å². The molecule has 2 aromatic heterocycles. The second-order valence-corrected chi connectivity index (χ2v) is 7.83. The number of fused-ring (bicyclic) bond motifs is 1. The summed E-state index contributed by atoms with van der Waals surface area (Å²) in [5.74, 6) is 0.258. The predicted molar refractivity (Wildman–Crippen MR) is 125 cm³/mol. The van der Waals surface area contributed by atoms with Gasteiger partial charge in [-0.15, -0.1) is 0 Å². The molecule has 12 nitrogen and oxygen atoms in total. The first-order valence-electron chi connectivity index (χ1n) is 10.9. The minimum atomic E-state index is -1.94. The molecule has 1 aliphatic heterocycles. The Hall–Kier alpha value is -4.84. The Labute approximate surface area is 204 Å². The Morgan fingerprint density at radius 1 is 0.944 bits per heavy atom. The second-order valence-electron chi connectivity index (χ2n) is 7.83. The molecule has 1 saturated heterocycles. The molecule has 0 spiro atoms. The number of nitrogens with zero attached hydrogens (tertiary/aromatic N) is 4. The van der Waals surface area contributed by atoms with Gasteiger partial charge >= 0.3 is 6.03 Å². The molecular formula is C24H20N6O6. The van der Waals surface area contributed by atoms with Gasteiger partial charge in [-0.3, -0.25) is 20.2 Å². The number of imide groups is 2. The first kappa shape index (κ1) is 22.9. The van der Waals surface area contributed by atoms with E-state index in [4.69, 9.17) is 14.2 Å². The maximum Gasteiger partial charge on any atom is 0.328 e. The number of methoxy groups -OCH3 is 1. The van der Waals surface area contributed by atoms with Gasteiger partial charge in [0.15, 0.2) is 5.82 Å². The van der Waals surface area contributed by atoms with Crippen LogP contribution in [-0.4, -0.2) is 56.9 Å². The number of urea groups is 1. The van der Waals surface area contributed by atoms with Gasteiger partial charge in [0.05, 0.1) is 18.3 Å². The molecule has 3 heterocycles. The van der Waals surface area contributed by atoms with Crippen molar-refractivity contribution in [2.75, 3.05) is 13.7 Å². The zero-order valence-corrected chi connectivity index (χ0v) is 19.0. The van der Waals surface area contributed by atoms with E-state index in [1.54, 1.807) is 53.5 Å². The molecule has 182 valence electrons. The number of hydrogen-bond donors (Lipinski definition) is 2. The molecule has 0 atom stereocenters. The van der Waals surface area contributed by atoms with Crippen LogP contribution in [0.15, 0.2) is 67.3 Å². The summed E-state index contributed by atoms with van der Waals surface area (Å²) in [5, 5.41) is 9.38. The Morgan fingerprint density at radius 2 is 1.67 bits per heavy atom. The van der Waals surface area contributed by atoms with E-state index in [1.165, 1.54) is 13.4 Å². The van der Waals surface area contributed by atoms with Crippen LogP contribution in [0.5, 0.6) is 17.2 Å². The van der Waals surface area contributed by atoms with E-state index >= 15 is 0 Å². The lowest BCUT2D eigenvalue weighted by atomic mass is 9.95. The predicted octanol–water partition coefficient (Wildman–Crippen LogP) is 2.13. The van der Waals surface area contributed by atoms with E-state index in [0.29, 0.717) is 17.3 Å². The lowest BCUT2D eigenvalue weighted by Gasteiger charge is -2.34. The molecule has 1 fully saturated rings. The van der Waals surface area contributed by atoms with Crippen molar-refractivity contribution in [3.63, 3.8) is 0 Å². The van der Waals surface area contributed by atoms with Gasteiger partial charge in [-0.25, -0.2) is 19.4 Å². The highest BCUT2D eigenvalue weighted by Crippen LogP contribution is 2.30. The van der Waals surface area contributed by atoms with Crippen molar-refractivity contribution < 1.29 is 28.6 Å². The molecule has 5 rings (SSSR count). The van der Waals surface area contributed by atoms with Crippen LogP contribution in [-0.2, 0) is 14.3 Å². The smallest absolute Gasteiger partial charge is 0.328 e. The highest BCUT2D eigenvalue weighted by atomic mass is 16.5. The summed E-state index contributed by atoms with van der Waals surface area (Å²) >= 11 is 0. The average molecular weight is 488 g/mol. The van der Waals surface area contributed by atoms with Crippen LogP contribution in [0.1, 0.15) is 6.42 Å². The van der Waals surface area contributed by atoms with Gasteiger partial charge in [-0.05, 0) is 42.5 Å². The Bertz CT molecular complexity index is 1420. The number of ether oxygens (including phenoxy) is 3. The van der Waals surface area contributed by atoms with E-state index in [1.807, 2.05) is 12.1 Å². The lowest BCUT2D eigenvalue weighted by molar-refractivity contribution is -0.153. The lowest BCUT2D eigenvalue weighted by Crippen LogP contribution is -2.69. The molecule has 4 amide bonds. The van der Waals surface area contributed by atoms with E-state index in [0.717, 1.165) is 10.9 Å². The van der Waals surface area contributed by atoms with E-state index in [-0.39, 0.29) is 18.8 Å². The first-order valence-corrected chi connectivity index (χ1v) is 10.9. The van der Waals surface area contributed by atoms with E-state index in [9.17, 15) is 14.4 Å². The second kappa shape index (κ2) is 9.43. The van der Waals surface area contributed by atoms with Crippen LogP contribution >= 0.6 is 0 Å². The highest BCUT2D eigenvalue weighted by molar-refractivity contribution is 6.21. The van der Waals surface area contributed by atoms with Crippen LogP contribution in [0.25, 0.3) is 16.7 Å². The summed E-state index contributed by atoms with van der Waals surface area (Å²) in [7, 11) is 1.43. The fraction of sp³-hybridized carbons (Fsp3) is 0.167. The van der Waals surface area contributed by atoms with Gasteiger partial charge in [-0.2, -0.15) is 5.10 Å². The summed E-state index contributed by atoms with van der Waals surface area (Å²) < 4.78 is 18.5. The minimum Gasteiger partial charge on any atom is -0.467 e. The number of barbiturate groups is 1. The van der Waals surface area contributed by atoms with Crippen molar-refractivity contribution in [1.82, 2.24) is 30.4 Å². The van der Waals surface area contributed by atoms with Crippen LogP contribution in [0.3, 0.4) is 0 Å². The van der Waals surface area contributed by atoms with Crippen molar-refractivity contribution in [3.05, 3.63) is 67.3 Å². The number of aromatic nitrogens is 4. The third-order valence-corrected chi connectivity index (χ3v) is 5.52. The van der Waals surface area contributed by atoms with Gasteiger partial charge in [-0.1, -0.05) is 0 Å². The van der Waals surface area contributed by atoms with Crippen LogP contribution < -0.4 is 20.1 Å². The fourth-order valence-corrected chi connectivity index (χ4v) is 3.74. The van der Waals surface area contributed by atoms with Gasteiger partial charge in [0.25, 0.3) is 17.4 Å². The van der Waals surface area contributed by atoms with Crippen molar-refractivity contribution in [2.24, 2.45) is 0 Å². The summed E-state index contributed by atoms with van der Waals surface area (Å²) in [5.41, 5.74) is -1.09. The Kier molecular flexibility index (Phi) is 6.00. The van der Waals surface area contributed by atoms with Crippen LogP contribution in [0, 0.1) is 0 Å². The Morgan fingerprint density at radius 3 is 2.36 bits per heavy atom. The SMILES string of the molecule is COCCC1(Oc2ccc(Oc3ccc4c(cnn4-c4ccncn4)c3)cc2)C(=O)NC(=O)NC1=O. The zero-order chi connectivity index (χ0) is 25.1. The monoisotopic (exact) mass is 488 g/mol. The maximum atomic E-state index is 12.5. The van der Waals surface area contributed by atoms with E-state index < -0.39 is 23.4 Å². The number of nitrogens with one attached hydrogen (secondary N) is 2. The van der Waals surface area contributed by atoms with Crippen molar-refractivity contribution >= 4 is 28.7 Å². The molecule has 0 unspecified atom stereocenters. The normalized spacial score (nSPS) is 14.9. The molecule has 12 heteroatoms. The summed E-state index contributed by atoms with van der Waals surface area (Å²) in [6.07, 6.45) is 4.73. The standard InChI is InChI=1S/C24H20N6O6/c1-34-11-9-24(21(31)28-23(33)29-22(24)32)36-17-4-2-16(3-5-17)35-18-6-7-19-15(12-18)13-27-30(19)20-8-10-25-14-26-20/h2-8,10,12-14H,9,11H2,1H3,(H2,28,29,31,32,33). The summed E-state index contributed by atoms with van der Waals surface area (Å²) in [6, 6.07) is 12.8. The van der Waals surface area contributed by atoms with Crippen LogP contribution in [0.4, 0.5) is 4.79 Å². The molecule has 36 heavy (non-hydrogen) atoms. The number of carbonyl (C=O) groups is 3. The fourth-order valence-electron chi connectivity index (χ4n) is 3.74. The molecule has 0 radical (unpaired) electrons. The summed E-state index contributed by atoms with van der Waals surface area (Å²) in [6.45, 7) is 0.0620. The van der Waals surface area contributed by atoms with Gasteiger partial charge < -0.3 is 14.2 Å². The van der Waals surface area contributed by atoms with Gasteiger partial charge in [0.1, 0.15) is 23.6 Å². The molecular weight excluding hydrogens is 468 g/mol. The molecule has 0 saturated carbocycles. The van der Waals surface area contributed by atoms with Gasteiger partial charge in [0.2, 0.25) is 0 Å².